The van der Waals surface area contributed by atoms with Crippen molar-refractivity contribution in [3.05, 3.63) is 81.2 Å². The van der Waals surface area contributed by atoms with Gasteiger partial charge in [-0.3, -0.25) is 19.7 Å². The lowest BCUT2D eigenvalue weighted by molar-refractivity contribution is -0.121. The second-order valence-corrected chi connectivity index (χ2v) is 7.10. The zero-order valence-electron chi connectivity index (χ0n) is 15.3. The topological polar surface area (TPSA) is 104 Å². The van der Waals surface area contributed by atoms with Crippen LogP contribution < -0.4 is 16.2 Å². The molecule has 3 rings (SSSR count). The number of hydrogen-bond donors (Lipinski definition) is 3. The van der Waals surface area contributed by atoms with Gasteiger partial charge in [-0.15, -0.1) is 11.3 Å². The van der Waals surface area contributed by atoms with E-state index in [0.717, 1.165) is 11.3 Å². The Hall–Kier alpha value is -3.26. The second kappa shape index (κ2) is 9.09. The van der Waals surface area contributed by atoms with Gasteiger partial charge < -0.3 is 10.3 Å². The highest BCUT2D eigenvalue weighted by molar-refractivity contribution is 7.14. The van der Waals surface area contributed by atoms with Crippen molar-refractivity contribution in [3.8, 4) is 0 Å². The number of aromatic amines is 1. The molecule has 144 valence electrons. The molecule has 0 unspecified atom stereocenters. The molecule has 3 N–H and O–H groups in total. The maximum Gasteiger partial charge on any atom is 0.258 e. The smallest absolute Gasteiger partial charge is 0.258 e. The minimum atomic E-state index is -0.355. The average Bonchev–Trinajstić information content (AvgIpc) is 3.15. The first kappa shape index (κ1) is 19.5. The van der Waals surface area contributed by atoms with E-state index in [2.05, 4.69) is 20.6 Å². The molecular formula is C20H20N4O3S. The third-order valence-electron chi connectivity index (χ3n) is 4.10. The summed E-state index contributed by atoms with van der Waals surface area (Å²) in [5.74, 6) is -0.408. The molecule has 0 aliphatic heterocycles. The van der Waals surface area contributed by atoms with Crippen LogP contribution in [0.15, 0.2) is 58.8 Å². The van der Waals surface area contributed by atoms with Crippen LogP contribution in [-0.4, -0.2) is 21.8 Å². The van der Waals surface area contributed by atoms with Gasteiger partial charge in [-0.1, -0.05) is 30.3 Å². The molecule has 0 aliphatic rings. The second-order valence-electron chi connectivity index (χ2n) is 6.24. The number of carbonyl (C=O) groups excluding carboxylic acids is 2. The molecule has 7 nitrogen and oxygen atoms in total. The summed E-state index contributed by atoms with van der Waals surface area (Å²) in [6.07, 6.45) is 2.15. The van der Waals surface area contributed by atoms with Gasteiger partial charge in [-0.25, -0.2) is 4.98 Å². The van der Waals surface area contributed by atoms with Crippen LogP contribution in [0.4, 0.5) is 5.13 Å². The van der Waals surface area contributed by atoms with Gasteiger partial charge in [0.2, 0.25) is 11.5 Å². The van der Waals surface area contributed by atoms with E-state index in [-0.39, 0.29) is 23.4 Å². The molecular weight excluding hydrogens is 376 g/mol. The molecule has 0 bridgehead atoms. The van der Waals surface area contributed by atoms with E-state index in [1.165, 1.54) is 29.7 Å². The monoisotopic (exact) mass is 396 g/mol. The summed E-state index contributed by atoms with van der Waals surface area (Å²) in [6, 6.07) is 12.4. The molecule has 0 fully saturated rings. The van der Waals surface area contributed by atoms with Crippen molar-refractivity contribution in [2.45, 2.75) is 25.8 Å². The minimum Gasteiger partial charge on any atom is -0.350 e. The van der Waals surface area contributed by atoms with E-state index in [4.69, 9.17) is 0 Å². The number of hydrogen-bond acceptors (Lipinski definition) is 5. The number of benzene rings is 1. The number of H-pyrrole nitrogens is 1. The van der Waals surface area contributed by atoms with E-state index in [1.807, 2.05) is 42.6 Å². The van der Waals surface area contributed by atoms with Gasteiger partial charge in [-0.2, -0.15) is 0 Å². The van der Waals surface area contributed by atoms with Gasteiger partial charge in [0.25, 0.3) is 5.91 Å². The summed E-state index contributed by atoms with van der Waals surface area (Å²) in [7, 11) is 0. The molecule has 0 saturated heterocycles. The predicted octanol–water partition coefficient (Wildman–Crippen LogP) is 2.89. The van der Waals surface area contributed by atoms with E-state index >= 15 is 0 Å². The van der Waals surface area contributed by atoms with Gasteiger partial charge in [0.05, 0.1) is 17.3 Å². The lowest BCUT2D eigenvalue weighted by Crippen LogP contribution is -2.26. The predicted molar refractivity (Wildman–Crippen MR) is 108 cm³/mol. The normalized spacial score (nSPS) is 11.6. The molecule has 2 heterocycles. The first-order valence-electron chi connectivity index (χ1n) is 8.80. The summed E-state index contributed by atoms with van der Waals surface area (Å²) in [5.41, 5.74) is 1.86. The quantitative estimate of drug-likeness (QED) is 0.571. The lowest BCUT2D eigenvalue weighted by atomic mass is 10.1. The average molecular weight is 396 g/mol. The lowest BCUT2D eigenvalue weighted by Gasteiger charge is -2.13. The summed E-state index contributed by atoms with van der Waals surface area (Å²) in [6.45, 7) is 1.94. The maximum atomic E-state index is 12.2. The number of anilines is 1. The Labute approximate surface area is 165 Å². The van der Waals surface area contributed by atoms with Crippen molar-refractivity contribution in [2.75, 3.05) is 5.32 Å². The van der Waals surface area contributed by atoms with Crippen molar-refractivity contribution in [1.29, 1.82) is 0 Å². The third-order valence-corrected chi connectivity index (χ3v) is 4.91. The number of nitrogens with one attached hydrogen (secondary N) is 3. The summed E-state index contributed by atoms with van der Waals surface area (Å²) < 4.78 is 0. The van der Waals surface area contributed by atoms with E-state index in [1.54, 1.807) is 0 Å². The molecule has 1 atom stereocenters. The molecule has 0 saturated carbocycles. The fraction of sp³-hybridized carbons (Fsp3) is 0.200. The highest BCUT2D eigenvalue weighted by atomic mass is 32.1. The number of rotatable bonds is 7. The Morgan fingerprint density at radius 1 is 1.18 bits per heavy atom. The number of nitrogens with zero attached hydrogens (tertiary/aromatic N) is 1. The van der Waals surface area contributed by atoms with Gasteiger partial charge in [0.1, 0.15) is 0 Å². The van der Waals surface area contributed by atoms with Crippen molar-refractivity contribution in [1.82, 2.24) is 15.3 Å². The van der Waals surface area contributed by atoms with Crippen molar-refractivity contribution in [2.24, 2.45) is 0 Å². The Kier molecular flexibility index (Phi) is 6.33. The molecule has 1 aromatic carbocycles. The zero-order chi connectivity index (χ0) is 19.9. The molecule has 8 heteroatoms. The third kappa shape index (κ3) is 5.37. The maximum absolute atomic E-state index is 12.2. The Morgan fingerprint density at radius 3 is 2.68 bits per heavy atom. The van der Waals surface area contributed by atoms with Crippen LogP contribution in [-0.2, 0) is 11.2 Å². The van der Waals surface area contributed by atoms with Gasteiger partial charge in [0, 0.05) is 24.1 Å². The number of aryl methyl sites for hydroxylation is 1. The van der Waals surface area contributed by atoms with Crippen LogP contribution in [0.1, 0.15) is 41.0 Å². The molecule has 0 spiro atoms. The number of carbonyl (C=O) groups is 2. The molecule has 2 aromatic heterocycles. The molecule has 28 heavy (non-hydrogen) atoms. The van der Waals surface area contributed by atoms with E-state index < -0.39 is 0 Å². The van der Waals surface area contributed by atoms with Crippen molar-refractivity contribution >= 4 is 28.3 Å². The number of thiazole rings is 1. The van der Waals surface area contributed by atoms with Gasteiger partial charge >= 0.3 is 0 Å². The molecule has 0 aliphatic carbocycles. The molecule has 0 radical (unpaired) electrons. The highest BCUT2D eigenvalue weighted by Gasteiger charge is 2.12. The van der Waals surface area contributed by atoms with Crippen molar-refractivity contribution < 1.29 is 9.59 Å². The fourth-order valence-electron chi connectivity index (χ4n) is 2.58. The fourth-order valence-corrected chi connectivity index (χ4v) is 3.32. The zero-order valence-corrected chi connectivity index (χ0v) is 16.1. The molecule has 2 amide bonds. The molecule has 3 aromatic rings. The highest BCUT2D eigenvalue weighted by Crippen LogP contribution is 2.18. The van der Waals surface area contributed by atoms with Crippen molar-refractivity contribution in [3.63, 3.8) is 0 Å². The minimum absolute atomic E-state index is 0.0526. The number of aromatic nitrogens is 2. The summed E-state index contributed by atoms with van der Waals surface area (Å²) >= 11 is 1.29. The summed E-state index contributed by atoms with van der Waals surface area (Å²) in [5, 5.41) is 7.92. The van der Waals surface area contributed by atoms with Gasteiger partial charge in [-0.05, 0) is 25.0 Å². The SMILES string of the molecule is C[C@H](NC(=O)CCc1csc(NC(=O)c2ccc(=O)[nH]c2)n1)c1ccccc1. The Bertz CT molecular complexity index is 993. The van der Waals surface area contributed by atoms with Gasteiger partial charge in [0.15, 0.2) is 5.13 Å². The Balaban J connectivity index is 1.49. The van der Waals surface area contributed by atoms with Crippen LogP contribution >= 0.6 is 11.3 Å². The van der Waals surface area contributed by atoms with Crippen LogP contribution in [0.3, 0.4) is 0 Å². The van der Waals surface area contributed by atoms with Crippen LogP contribution in [0.2, 0.25) is 0 Å². The van der Waals surface area contributed by atoms with E-state index in [0.29, 0.717) is 23.5 Å². The standard InChI is InChI=1S/C20H20N4O3S/c1-13(14-5-3-2-4-6-14)22-18(26)10-8-16-12-28-20(23-16)24-19(27)15-7-9-17(25)21-11-15/h2-7,9,11-13H,8,10H2,1H3,(H,21,25)(H,22,26)(H,23,24,27)/t13-/m0/s1. The number of pyridine rings is 1. The Morgan fingerprint density at radius 2 is 1.96 bits per heavy atom. The first-order chi connectivity index (χ1) is 13.5. The first-order valence-corrected chi connectivity index (χ1v) is 9.68. The van der Waals surface area contributed by atoms with E-state index in [9.17, 15) is 14.4 Å². The number of amides is 2. The van der Waals surface area contributed by atoms with Crippen LogP contribution in [0.25, 0.3) is 0 Å². The largest absolute Gasteiger partial charge is 0.350 e. The van der Waals surface area contributed by atoms with Crippen LogP contribution in [0.5, 0.6) is 0 Å². The van der Waals surface area contributed by atoms with Crippen LogP contribution in [0, 0.1) is 0 Å². The summed E-state index contributed by atoms with van der Waals surface area (Å²) in [4.78, 5) is 42.1.